The molecule has 2 aromatic heterocycles. The van der Waals surface area contributed by atoms with Crippen LogP contribution in [-0.2, 0) is 16.6 Å². The van der Waals surface area contributed by atoms with Crippen LogP contribution in [-0.4, -0.2) is 31.4 Å². The first-order chi connectivity index (χ1) is 17.2. The largest absolute Gasteiger partial charge is 0.497 e. The number of nitrogens with zero attached hydrogens (tertiary/aromatic N) is 2. The maximum absolute atomic E-state index is 12.7. The van der Waals surface area contributed by atoms with Gasteiger partial charge in [0.2, 0.25) is 5.95 Å². The summed E-state index contributed by atoms with van der Waals surface area (Å²) in [5.74, 6) is 1.42. The van der Waals surface area contributed by atoms with E-state index in [2.05, 4.69) is 20.0 Å². The molecule has 1 amide bonds. The van der Waals surface area contributed by atoms with Gasteiger partial charge in [-0.2, -0.15) is 0 Å². The van der Waals surface area contributed by atoms with Crippen LogP contribution in [0.3, 0.4) is 0 Å². The van der Waals surface area contributed by atoms with Gasteiger partial charge in [0, 0.05) is 17.1 Å². The molecular weight excluding hydrogens is 484 g/mol. The van der Waals surface area contributed by atoms with E-state index in [4.69, 9.17) is 13.9 Å². The second-order valence-corrected chi connectivity index (χ2v) is 9.47. The smallest absolute Gasteiger partial charge is 0.291 e. The zero-order valence-corrected chi connectivity index (χ0v) is 20.6. The van der Waals surface area contributed by atoms with Crippen molar-refractivity contribution in [3.63, 3.8) is 0 Å². The molecule has 0 aliphatic heterocycles. The second-order valence-electron chi connectivity index (χ2n) is 7.79. The highest BCUT2D eigenvalue weighted by molar-refractivity contribution is 7.92. The topological polar surface area (TPSA) is 133 Å². The van der Waals surface area contributed by atoms with E-state index in [0.717, 1.165) is 5.75 Å². The van der Waals surface area contributed by atoms with Crippen molar-refractivity contribution in [1.82, 2.24) is 9.97 Å². The Kier molecular flexibility index (Phi) is 7.20. The van der Waals surface area contributed by atoms with Crippen LogP contribution in [0.15, 0.2) is 76.0 Å². The van der Waals surface area contributed by atoms with Gasteiger partial charge >= 0.3 is 0 Å². The van der Waals surface area contributed by atoms with Crippen LogP contribution in [0.2, 0.25) is 0 Å². The van der Waals surface area contributed by atoms with Gasteiger partial charge in [0.15, 0.2) is 5.76 Å². The fourth-order valence-electron chi connectivity index (χ4n) is 3.26. The number of hydrogen-bond acceptors (Lipinski definition) is 8. The number of amides is 1. The van der Waals surface area contributed by atoms with Crippen LogP contribution < -0.4 is 19.5 Å². The van der Waals surface area contributed by atoms with E-state index in [1.807, 2.05) is 0 Å². The number of carbonyl (C=O) groups excluding carboxylic acids is 1. The minimum absolute atomic E-state index is 0.000719. The summed E-state index contributed by atoms with van der Waals surface area (Å²) in [6, 6.07) is 17.7. The standard InChI is InChI=1S/C25H24N4O6S/c1-16-14-17(2)27-25(26-16)29-36(31,32)22-11-4-18(5-12-22)28-24(30)23-13-10-21(35-23)15-34-20-8-6-19(33-3)7-9-20/h4-14H,15H2,1-3H3,(H,28,30)(H,26,27,29). The number of benzene rings is 2. The Bertz CT molecular complexity index is 1450. The molecule has 4 aromatic rings. The first kappa shape index (κ1) is 24.7. The van der Waals surface area contributed by atoms with Crippen molar-refractivity contribution < 1.29 is 27.1 Å². The number of methoxy groups -OCH3 is 1. The predicted octanol–water partition coefficient (Wildman–Crippen LogP) is 4.33. The number of nitrogens with one attached hydrogen (secondary N) is 2. The highest BCUT2D eigenvalue weighted by Crippen LogP contribution is 2.20. The van der Waals surface area contributed by atoms with Crippen LogP contribution in [0, 0.1) is 13.8 Å². The molecule has 0 saturated heterocycles. The highest BCUT2D eigenvalue weighted by Gasteiger charge is 2.17. The third-order valence-electron chi connectivity index (χ3n) is 4.96. The van der Waals surface area contributed by atoms with Crippen molar-refractivity contribution in [2.45, 2.75) is 25.3 Å². The van der Waals surface area contributed by atoms with Gasteiger partial charge < -0.3 is 19.2 Å². The van der Waals surface area contributed by atoms with Crippen molar-refractivity contribution in [3.05, 3.63) is 89.6 Å². The Balaban J connectivity index is 1.35. The van der Waals surface area contributed by atoms with Gasteiger partial charge in [-0.3, -0.25) is 4.79 Å². The lowest BCUT2D eigenvalue weighted by atomic mass is 10.3. The lowest BCUT2D eigenvalue weighted by Gasteiger charge is -2.09. The van der Waals surface area contributed by atoms with E-state index in [1.54, 1.807) is 57.4 Å². The fraction of sp³-hybridized carbons (Fsp3) is 0.160. The molecular formula is C25H24N4O6S. The number of ether oxygens (including phenoxy) is 2. The number of hydrogen-bond donors (Lipinski definition) is 2. The molecule has 2 N–H and O–H groups in total. The zero-order valence-electron chi connectivity index (χ0n) is 19.8. The first-order valence-corrected chi connectivity index (χ1v) is 12.3. The normalized spacial score (nSPS) is 11.1. The van der Waals surface area contributed by atoms with E-state index >= 15 is 0 Å². The summed E-state index contributed by atoms with van der Waals surface area (Å²) in [7, 11) is -2.32. The summed E-state index contributed by atoms with van der Waals surface area (Å²) in [5.41, 5.74) is 1.69. The molecule has 0 fully saturated rings. The molecule has 10 nitrogen and oxygen atoms in total. The summed E-state index contributed by atoms with van der Waals surface area (Å²) in [5, 5.41) is 2.67. The number of anilines is 2. The number of aryl methyl sites for hydroxylation is 2. The molecule has 0 radical (unpaired) electrons. The molecule has 0 unspecified atom stereocenters. The van der Waals surface area contributed by atoms with Gasteiger partial charge in [0.25, 0.3) is 15.9 Å². The van der Waals surface area contributed by atoms with Gasteiger partial charge in [-0.1, -0.05) is 0 Å². The molecule has 0 atom stereocenters. The third kappa shape index (κ3) is 6.19. The average molecular weight is 509 g/mol. The summed E-state index contributed by atoms with van der Waals surface area (Å²) in [4.78, 5) is 20.7. The third-order valence-corrected chi connectivity index (χ3v) is 6.30. The molecule has 0 saturated carbocycles. The lowest BCUT2D eigenvalue weighted by Crippen LogP contribution is -2.16. The Morgan fingerprint density at radius 2 is 1.56 bits per heavy atom. The molecule has 0 bridgehead atoms. The number of furan rings is 1. The van der Waals surface area contributed by atoms with Crippen LogP contribution in [0.1, 0.15) is 27.7 Å². The summed E-state index contributed by atoms with van der Waals surface area (Å²) in [6.45, 7) is 3.64. The molecule has 11 heteroatoms. The van der Waals surface area contributed by atoms with E-state index in [9.17, 15) is 13.2 Å². The summed E-state index contributed by atoms with van der Waals surface area (Å²) in [6.07, 6.45) is 0. The van der Waals surface area contributed by atoms with E-state index < -0.39 is 15.9 Å². The summed E-state index contributed by atoms with van der Waals surface area (Å²) < 4.78 is 44.0. The Hall–Kier alpha value is -4.38. The van der Waals surface area contributed by atoms with Gasteiger partial charge in [-0.05, 0) is 80.6 Å². The first-order valence-electron chi connectivity index (χ1n) is 10.8. The average Bonchev–Trinajstić information content (AvgIpc) is 3.32. The van der Waals surface area contributed by atoms with Gasteiger partial charge in [0.05, 0.1) is 12.0 Å². The van der Waals surface area contributed by atoms with E-state index in [-0.39, 0.29) is 23.2 Å². The Labute approximate surface area is 208 Å². The van der Waals surface area contributed by atoms with Gasteiger partial charge in [-0.15, -0.1) is 0 Å². The monoisotopic (exact) mass is 508 g/mol. The number of carbonyl (C=O) groups is 1. The lowest BCUT2D eigenvalue weighted by molar-refractivity contribution is 0.0992. The minimum Gasteiger partial charge on any atom is -0.497 e. The molecule has 2 heterocycles. The Morgan fingerprint density at radius 3 is 2.19 bits per heavy atom. The fourth-order valence-corrected chi connectivity index (χ4v) is 4.21. The molecule has 186 valence electrons. The maximum atomic E-state index is 12.7. The van der Waals surface area contributed by atoms with Crippen LogP contribution in [0.25, 0.3) is 0 Å². The number of aromatic nitrogens is 2. The van der Waals surface area contributed by atoms with Crippen molar-refractivity contribution in [1.29, 1.82) is 0 Å². The highest BCUT2D eigenvalue weighted by atomic mass is 32.2. The predicted molar refractivity (Wildman–Crippen MR) is 133 cm³/mol. The molecule has 36 heavy (non-hydrogen) atoms. The van der Waals surface area contributed by atoms with Crippen molar-refractivity contribution >= 4 is 27.6 Å². The summed E-state index contributed by atoms with van der Waals surface area (Å²) >= 11 is 0. The van der Waals surface area contributed by atoms with E-state index in [1.165, 1.54) is 30.3 Å². The van der Waals surface area contributed by atoms with Gasteiger partial charge in [-0.25, -0.2) is 23.1 Å². The molecule has 0 aliphatic carbocycles. The molecule has 2 aromatic carbocycles. The van der Waals surface area contributed by atoms with Crippen LogP contribution >= 0.6 is 0 Å². The number of rotatable bonds is 9. The molecule has 0 spiro atoms. The molecule has 0 aliphatic rings. The van der Waals surface area contributed by atoms with Crippen molar-refractivity contribution in [2.24, 2.45) is 0 Å². The van der Waals surface area contributed by atoms with Crippen LogP contribution in [0.5, 0.6) is 11.5 Å². The van der Waals surface area contributed by atoms with Crippen LogP contribution in [0.4, 0.5) is 11.6 Å². The SMILES string of the molecule is COc1ccc(OCc2ccc(C(=O)Nc3ccc(S(=O)(=O)Nc4nc(C)cc(C)n4)cc3)o2)cc1. The zero-order chi connectivity index (χ0) is 25.7. The van der Waals surface area contributed by atoms with Gasteiger partial charge in [0.1, 0.15) is 23.9 Å². The van der Waals surface area contributed by atoms with E-state index in [0.29, 0.717) is 28.6 Å². The number of sulfonamides is 1. The minimum atomic E-state index is -3.90. The quantitative estimate of drug-likeness (QED) is 0.341. The maximum Gasteiger partial charge on any atom is 0.291 e. The van der Waals surface area contributed by atoms with Crippen molar-refractivity contribution in [2.75, 3.05) is 17.1 Å². The Morgan fingerprint density at radius 1 is 0.917 bits per heavy atom. The molecule has 4 rings (SSSR count). The second kappa shape index (κ2) is 10.5. The van der Waals surface area contributed by atoms with Crippen molar-refractivity contribution in [3.8, 4) is 11.5 Å².